The van der Waals surface area contributed by atoms with Crippen LogP contribution in [0.4, 0.5) is 22.7 Å². The van der Waals surface area contributed by atoms with Crippen molar-refractivity contribution in [2.75, 3.05) is 24.4 Å². The fourth-order valence-electron chi connectivity index (χ4n) is 2.87. The monoisotopic (exact) mass is 594 g/mol. The lowest BCUT2D eigenvalue weighted by Crippen LogP contribution is -1.99. The quantitative estimate of drug-likeness (QED) is 0.0507. The first kappa shape index (κ1) is 35.0. The number of nitrogens with one attached hydrogen (secondary N) is 1. The summed E-state index contributed by atoms with van der Waals surface area (Å²) in [7, 11) is -6.56. The lowest BCUT2D eigenvalue weighted by molar-refractivity contribution is -0.432. The number of aromatic hydroxyl groups is 1. The molecule has 17 heteroatoms. The second-order valence-corrected chi connectivity index (χ2v) is 10.6. The van der Waals surface area contributed by atoms with E-state index in [0.29, 0.717) is 45.2 Å². The molecule has 0 saturated carbocycles. The van der Waals surface area contributed by atoms with Gasteiger partial charge in [0, 0.05) is 28.6 Å². The molecular formula is C21H30N4O10S3. The molecule has 0 aliphatic heterocycles. The summed E-state index contributed by atoms with van der Waals surface area (Å²) in [5.74, 6) is -0.133. The van der Waals surface area contributed by atoms with E-state index in [-0.39, 0.29) is 37.7 Å². The molecule has 38 heavy (non-hydrogen) atoms. The predicted molar refractivity (Wildman–Crippen MR) is 146 cm³/mol. The van der Waals surface area contributed by atoms with Gasteiger partial charge in [0.2, 0.25) is 0 Å². The van der Waals surface area contributed by atoms with Gasteiger partial charge in [-0.25, -0.2) is 5.26 Å². The second kappa shape index (κ2) is 14.2. The molecule has 0 aliphatic carbocycles. The largest absolute Gasteiger partial charge is 0.507 e. The van der Waals surface area contributed by atoms with E-state index in [9.17, 15) is 26.5 Å². The van der Waals surface area contributed by atoms with Gasteiger partial charge in [-0.15, -0.1) is 14.6 Å². The minimum Gasteiger partial charge on any atom is -0.507 e. The van der Waals surface area contributed by atoms with Gasteiger partial charge >= 0.3 is 0 Å². The lowest BCUT2D eigenvalue weighted by atomic mass is 10.0. The normalized spacial score (nSPS) is 11.3. The zero-order chi connectivity index (χ0) is 27.3. The van der Waals surface area contributed by atoms with Crippen LogP contribution in [-0.2, 0) is 29.6 Å². The molecule has 0 bridgehead atoms. The molecule has 0 amide bonds. The molecule has 0 radical (unpaired) electrons. The topological polar surface area (TPSA) is 230 Å². The van der Waals surface area contributed by atoms with E-state index >= 15 is 0 Å². The SMILES string of the molecule is C.C.CNc1ccc(S(=O)(=O)O)c(N=Nc2ccc3cc(SOOO)c(C)c(O)c3c2N)c1.CS(=O)(=O)O. The number of anilines is 2. The summed E-state index contributed by atoms with van der Waals surface area (Å²) in [6.07, 6.45) is 0.715. The van der Waals surface area contributed by atoms with Crippen LogP contribution in [0.1, 0.15) is 20.4 Å². The summed E-state index contributed by atoms with van der Waals surface area (Å²) in [5, 5.41) is 34.2. The number of nitrogen functional groups attached to an aromatic ring is 1. The standard InChI is InChI=1S/C18H18N4O7S2.CH4O3S.2CH4/c1-9-14(30-29-28-24)7-10-3-5-12(17(19)16(10)18(9)23)21-22-13-8-11(20-2)4-6-15(13)31(25,26)27;1-5(2,3)4;;/h3-8,20,23-24H,19H2,1-2H3,(H,25,26,27);1H3,(H,2,3,4);2*1H4. The molecule has 3 rings (SSSR count). The molecule has 3 aromatic carbocycles. The Morgan fingerprint density at radius 2 is 1.58 bits per heavy atom. The van der Waals surface area contributed by atoms with Crippen molar-refractivity contribution in [3.63, 3.8) is 0 Å². The van der Waals surface area contributed by atoms with Gasteiger partial charge in [0.15, 0.2) is 0 Å². The summed E-state index contributed by atoms with van der Waals surface area (Å²) >= 11 is 0.699. The molecule has 0 spiro atoms. The van der Waals surface area contributed by atoms with Gasteiger partial charge < -0.3 is 16.2 Å². The van der Waals surface area contributed by atoms with Crippen molar-refractivity contribution >= 4 is 65.8 Å². The van der Waals surface area contributed by atoms with E-state index < -0.39 is 25.1 Å². The van der Waals surface area contributed by atoms with Gasteiger partial charge in [0.25, 0.3) is 20.2 Å². The number of phenolic OH excluding ortho intramolecular Hbond substituents is 1. The molecule has 0 atom stereocenters. The van der Waals surface area contributed by atoms with Crippen molar-refractivity contribution in [2.45, 2.75) is 31.6 Å². The van der Waals surface area contributed by atoms with Crippen molar-refractivity contribution in [3.05, 3.63) is 42.0 Å². The Bertz CT molecular complexity index is 1500. The maximum absolute atomic E-state index is 11.6. The van der Waals surface area contributed by atoms with Crippen molar-refractivity contribution in [3.8, 4) is 5.75 Å². The van der Waals surface area contributed by atoms with Crippen LogP contribution in [0.15, 0.2) is 56.4 Å². The highest BCUT2D eigenvalue weighted by Gasteiger charge is 2.18. The van der Waals surface area contributed by atoms with Gasteiger partial charge in [-0.3, -0.25) is 9.11 Å². The van der Waals surface area contributed by atoms with Crippen LogP contribution < -0.4 is 11.1 Å². The van der Waals surface area contributed by atoms with E-state index in [0.717, 1.165) is 0 Å². The maximum Gasteiger partial charge on any atom is 0.296 e. The molecular weight excluding hydrogens is 564 g/mol. The number of hydrogen-bond acceptors (Lipinski definition) is 13. The van der Waals surface area contributed by atoms with E-state index in [4.69, 9.17) is 15.5 Å². The van der Waals surface area contributed by atoms with Crippen LogP contribution in [0.25, 0.3) is 10.8 Å². The Kier molecular flexibility index (Phi) is 13.1. The van der Waals surface area contributed by atoms with Crippen molar-refractivity contribution < 1.29 is 45.7 Å². The summed E-state index contributed by atoms with van der Waals surface area (Å²) in [6.45, 7) is 1.62. The Morgan fingerprint density at radius 1 is 1.00 bits per heavy atom. The third kappa shape index (κ3) is 9.37. The molecule has 14 nitrogen and oxygen atoms in total. The smallest absolute Gasteiger partial charge is 0.296 e. The van der Waals surface area contributed by atoms with Crippen molar-refractivity contribution in [1.82, 2.24) is 0 Å². The summed E-state index contributed by atoms with van der Waals surface area (Å²) in [6, 6.07) is 8.89. The van der Waals surface area contributed by atoms with Gasteiger partial charge in [-0.2, -0.15) is 16.8 Å². The van der Waals surface area contributed by atoms with Crippen molar-refractivity contribution in [2.24, 2.45) is 10.2 Å². The van der Waals surface area contributed by atoms with Crippen molar-refractivity contribution in [1.29, 1.82) is 0 Å². The van der Waals surface area contributed by atoms with E-state index in [1.54, 1.807) is 26.1 Å². The summed E-state index contributed by atoms with van der Waals surface area (Å²) in [5.41, 5.74) is 7.35. The fraction of sp³-hybridized carbons (Fsp3) is 0.238. The Labute approximate surface area is 225 Å². The average molecular weight is 595 g/mol. The molecule has 212 valence electrons. The van der Waals surface area contributed by atoms with Crippen LogP contribution in [0, 0.1) is 6.92 Å². The fourth-order valence-corrected chi connectivity index (χ4v) is 3.97. The van der Waals surface area contributed by atoms with Crippen LogP contribution in [0.3, 0.4) is 0 Å². The molecule has 0 saturated heterocycles. The number of nitrogens with zero attached hydrogens (tertiary/aromatic N) is 2. The first-order valence-corrected chi connectivity index (χ1v) is 13.5. The third-order valence-electron chi connectivity index (χ3n) is 4.45. The van der Waals surface area contributed by atoms with E-state index in [1.165, 1.54) is 24.3 Å². The summed E-state index contributed by atoms with van der Waals surface area (Å²) in [4.78, 5) is 0.0653. The number of benzene rings is 3. The van der Waals surface area contributed by atoms with Crippen LogP contribution in [-0.4, -0.2) is 49.6 Å². The maximum atomic E-state index is 11.6. The van der Waals surface area contributed by atoms with Gasteiger partial charge in [0.05, 0.1) is 24.0 Å². The zero-order valence-electron chi connectivity index (χ0n) is 18.9. The molecule has 0 unspecified atom stereocenters. The minimum atomic E-state index is -4.53. The first-order valence-electron chi connectivity index (χ1n) is 9.50. The Hall–Kier alpha value is -3.03. The zero-order valence-corrected chi connectivity index (χ0v) is 21.3. The van der Waals surface area contributed by atoms with Gasteiger partial charge in [0.1, 0.15) is 22.0 Å². The minimum absolute atomic E-state index is 0. The lowest BCUT2D eigenvalue weighted by Gasteiger charge is -2.12. The number of phenols is 1. The summed E-state index contributed by atoms with van der Waals surface area (Å²) < 4.78 is 63.0. The van der Waals surface area contributed by atoms with E-state index in [1.807, 2.05) is 0 Å². The Balaban J connectivity index is 0.00000179. The molecule has 0 aromatic heterocycles. The highest BCUT2D eigenvalue weighted by atomic mass is 32.2. The molecule has 7 N–H and O–H groups in total. The van der Waals surface area contributed by atoms with Gasteiger partial charge in [-0.05, 0) is 42.6 Å². The van der Waals surface area contributed by atoms with Gasteiger partial charge in [-0.1, -0.05) is 26.0 Å². The number of nitrogens with two attached hydrogens (primary N) is 1. The molecule has 0 fully saturated rings. The van der Waals surface area contributed by atoms with Crippen LogP contribution >= 0.6 is 12.0 Å². The first-order chi connectivity index (χ1) is 16.7. The highest BCUT2D eigenvalue weighted by molar-refractivity contribution is 7.94. The Morgan fingerprint density at radius 3 is 2.11 bits per heavy atom. The van der Waals surface area contributed by atoms with Crippen LogP contribution in [0.2, 0.25) is 0 Å². The van der Waals surface area contributed by atoms with E-state index in [2.05, 4.69) is 24.9 Å². The number of azo groups is 1. The van der Waals surface area contributed by atoms with Crippen LogP contribution in [0.5, 0.6) is 5.75 Å². The molecule has 0 heterocycles. The highest BCUT2D eigenvalue weighted by Crippen LogP contribution is 2.43. The molecule has 0 aliphatic rings. The average Bonchev–Trinajstić information content (AvgIpc) is 2.77. The number of hydrogen-bond donors (Lipinski definition) is 6. The number of rotatable bonds is 7. The predicted octanol–water partition coefficient (Wildman–Crippen LogP) is 5.34. The number of fused-ring (bicyclic) bond motifs is 1. The second-order valence-electron chi connectivity index (χ2n) is 7.01. The third-order valence-corrected chi connectivity index (χ3v) is 6.08. The molecule has 3 aromatic rings.